The molecule has 1 saturated heterocycles. The van der Waals surface area contributed by atoms with Crippen LogP contribution in [0.2, 0.25) is 0 Å². The van der Waals surface area contributed by atoms with Crippen LogP contribution in [0.3, 0.4) is 0 Å². The maximum Gasteiger partial charge on any atom is 0.243 e. The third-order valence-corrected chi connectivity index (χ3v) is 6.60. The molecule has 1 aliphatic rings. The summed E-state index contributed by atoms with van der Waals surface area (Å²) in [7, 11) is -3.51. The molecule has 1 heterocycles. The molecule has 0 radical (unpaired) electrons. The predicted molar refractivity (Wildman–Crippen MR) is 116 cm³/mol. The summed E-state index contributed by atoms with van der Waals surface area (Å²) < 4.78 is 43.0. The molecule has 1 N–H and O–H groups in total. The maximum absolute atomic E-state index is 12.6. The van der Waals surface area contributed by atoms with Crippen molar-refractivity contribution in [3.05, 3.63) is 54.6 Å². The van der Waals surface area contributed by atoms with E-state index in [4.69, 9.17) is 14.2 Å². The van der Waals surface area contributed by atoms with Crippen LogP contribution in [0.4, 0.5) is 0 Å². The topological polar surface area (TPSA) is 94.2 Å². The summed E-state index contributed by atoms with van der Waals surface area (Å²) in [5.74, 6) is 1.28. The van der Waals surface area contributed by atoms with E-state index in [0.29, 0.717) is 64.7 Å². The van der Waals surface area contributed by atoms with Gasteiger partial charge in [0, 0.05) is 19.5 Å². The number of hydrogen-bond donors (Lipinski definition) is 1. The number of hydrogen-bond acceptors (Lipinski definition) is 6. The van der Waals surface area contributed by atoms with E-state index < -0.39 is 10.0 Å². The minimum atomic E-state index is -3.51. The van der Waals surface area contributed by atoms with Crippen molar-refractivity contribution in [3.8, 4) is 11.5 Å². The van der Waals surface area contributed by atoms with Crippen LogP contribution < -0.4 is 14.8 Å². The Kier molecular flexibility index (Phi) is 8.69. The lowest BCUT2D eigenvalue weighted by Gasteiger charge is -2.26. The molecule has 1 amide bonds. The van der Waals surface area contributed by atoms with Crippen molar-refractivity contribution in [2.45, 2.75) is 17.7 Å². The Bertz CT molecular complexity index is 913. The van der Waals surface area contributed by atoms with Gasteiger partial charge in [-0.2, -0.15) is 4.31 Å². The molecule has 9 heteroatoms. The molecule has 0 aliphatic carbocycles. The molecule has 0 bridgehead atoms. The van der Waals surface area contributed by atoms with Gasteiger partial charge in [-0.15, -0.1) is 0 Å². The van der Waals surface area contributed by atoms with Crippen LogP contribution in [0.15, 0.2) is 59.5 Å². The minimum Gasteiger partial charge on any atom is -0.494 e. The van der Waals surface area contributed by atoms with Gasteiger partial charge >= 0.3 is 0 Å². The number of carbonyl (C=O) groups excluding carboxylic acids is 1. The second-order valence-corrected chi connectivity index (χ2v) is 8.89. The number of sulfonamides is 1. The van der Waals surface area contributed by atoms with Crippen molar-refractivity contribution in [3.63, 3.8) is 0 Å². The van der Waals surface area contributed by atoms with Gasteiger partial charge in [-0.05, 0) is 42.8 Å². The fourth-order valence-corrected chi connectivity index (χ4v) is 4.44. The molecule has 31 heavy (non-hydrogen) atoms. The quantitative estimate of drug-likeness (QED) is 0.529. The maximum atomic E-state index is 12.6. The van der Waals surface area contributed by atoms with Crippen molar-refractivity contribution in [1.82, 2.24) is 9.62 Å². The number of amides is 1. The zero-order chi connectivity index (χ0) is 21.9. The van der Waals surface area contributed by atoms with Gasteiger partial charge in [-0.1, -0.05) is 18.2 Å². The van der Waals surface area contributed by atoms with E-state index in [0.717, 1.165) is 5.75 Å². The fraction of sp³-hybridized carbons (Fsp3) is 0.409. The number of benzene rings is 2. The van der Waals surface area contributed by atoms with Crippen LogP contribution in [-0.4, -0.2) is 64.7 Å². The molecular formula is C22H28N2O6S. The largest absolute Gasteiger partial charge is 0.494 e. The molecule has 0 aromatic heterocycles. The number of nitrogens with one attached hydrogen (secondary N) is 1. The van der Waals surface area contributed by atoms with Gasteiger partial charge in [0.15, 0.2) is 0 Å². The fourth-order valence-electron chi connectivity index (χ4n) is 3.03. The second kappa shape index (κ2) is 11.7. The lowest BCUT2D eigenvalue weighted by Crippen LogP contribution is -2.40. The minimum absolute atomic E-state index is 0.0628. The number of nitrogens with zero attached hydrogens (tertiary/aromatic N) is 1. The van der Waals surface area contributed by atoms with Crippen LogP contribution in [0.5, 0.6) is 11.5 Å². The standard InChI is InChI=1S/C22H28N2O6S/c25-22(7-4-15-29-19-5-2-1-3-6-19)23-12-16-30-20-8-10-21(11-9-20)31(26,27)24-13-17-28-18-14-24/h1-3,5-6,8-11H,4,7,12-18H2,(H,23,25). The second-order valence-electron chi connectivity index (χ2n) is 6.95. The van der Waals surface area contributed by atoms with Crippen LogP contribution in [0, 0.1) is 0 Å². The van der Waals surface area contributed by atoms with E-state index >= 15 is 0 Å². The van der Waals surface area contributed by atoms with E-state index in [2.05, 4.69) is 5.32 Å². The van der Waals surface area contributed by atoms with Gasteiger partial charge in [-0.3, -0.25) is 4.79 Å². The molecule has 1 aliphatic heterocycles. The molecule has 0 atom stereocenters. The van der Waals surface area contributed by atoms with Crippen LogP contribution in [0.1, 0.15) is 12.8 Å². The highest BCUT2D eigenvalue weighted by atomic mass is 32.2. The molecule has 2 aromatic carbocycles. The smallest absolute Gasteiger partial charge is 0.243 e. The molecule has 0 spiro atoms. The summed E-state index contributed by atoms with van der Waals surface area (Å²) in [6.45, 7) is 2.68. The summed E-state index contributed by atoms with van der Waals surface area (Å²) in [4.78, 5) is 12.1. The highest BCUT2D eigenvalue weighted by molar-refractivity contribution is 7.89. The van der Waals surface area contributed by atoms with Crippen LogP contribution in [0.25, 0.3) is 0 Å². The molecule has 0 saturated carbocycles. The van der Waals surface area contributed by atoms with E-state index in [1.54, 1.807) is 12.1 Å². The number of rotatable bonds is 11. The van der Waals surface area contributed by atoms with E-state index in [1.165, 1.54) is 16.4 Å². The summed E-state index contributed by atoms with van der Waals surface area (Å²) in [6, 6.07) is 15.8. The Balaban J connectivity index is 1.32. The average molecular weight is 449 g/mol. The molecule has 3 rings (SSSR count). The Morgan fingerprint density at radius 1 is 0.935 bits per heavy atom. The van der Waals surface area contributed by atoms with Gasteiger partial charge in [0.2, 0.25) is 15.9 Å². The zero-order valence-corrected chi connectivity index (χ0v) is 18.2. The first-order chi connectivity index (χ1) is 15.1. The van der Waals surface area contributed by atoms with Crippen molar-refractivity contribution >= 4 is 15.9 Å². The lowest BCUT2D eigenvalue weighted by atomic mass is 10.3. The van der Waals surface area contributed by atoms with Crippen molar-refractivity contribution < 1.29 is 27.4 Å². The highest BCUT2D eigenvalue weighted by Crippen LogP contribution is 2.20. The monoisotopic (exact) mass is 448 g/mol. The van der Waals surface area contributed by atoms with Crippen molar-refractivity contribution in [2.75, 3.05) is 46.1 Å². The van der Waals surface area contributed by atoms with E-state index in [1.807, 2.05) is 30.3 Å². The summed E-state index contributed by atoms with van der Waals surface area (Å²) >= 11 is 0. The van der Waals surface area contributed by atoms with E-state index in [-0.39, 0.29) is 10.8 Å². The Hall–Kier alpha value is -2.62. The molecule has 0 unspecified atom stereocenters. The van der Waals surface area contributed by atoms with Crippen molar-refractivity contribution in [2.24, 2.45) is 0 Å². The highest BCUT2D eigenvalue weighted by Gasteiger charge is 2.26. The lowest BCUT2D eigenvalue weighted by molar-refractivity contribution is -0.121. The molecule has 8 nitrogen and oxygen atoms in total. The zero-order valence-electron chi connectivity index (χ0n) is 17.4. The van der Waals surface area contributed by atoms with Crippen LogP contribution in [-0.2, 0) is 19.6 Å². The summed E-state index contributed by atoms with van der Waals surface area (Å²) in [5.41, 5.74) is 0. The normalized spacial score (nSPS) is 14.7. The number of para-hydroxylation sites is 1. The van der Waals surface area contributed by atoms with Crippen molar-refractivity contribution in [1.29, 1.82) is 0 Å². The van der Waals surface area contributed by atoms with Gasteiger partial charge in [0.1, 0.15) is 18.1 Å². The predicted octanol–water partition coefficient (Wildman–Crippen LogP) is 2.06. The van der Waals surface area contributed by atoms with Crippen LogP contribution >= 0.6 is 0 Å². The Morgan fingerprint density at radius 2 is 1.58 bits per heavy atom. The number of ether oxygens (including phenoxy) is 3. The van der Waals surface area contributed by atoms with Gasteiger partial charge in [0.25, 0.3) is 0 Å². The Morgan fingerprint density at radius 3 is 2.29 bits per heavy atom. The van der Waals surface area contributed by atoms with Gasteiger partial charge in [0.05, 0.1) is 31.3 Å². The third-order valence-electron chi connectivity index (χ3n) is 4.68. The first-order valence-electron chi connectivity index (χ1n) is 10.3. The number of carbonyl (C=O) groups is 1. The average Bonchev–Trinajstić information content (AvgIpc) is 2.81. The van der Waals surface area contributed by atoms with E-state index in [9.17, 15) is 13.2 Å². The first kappa shape index (κ1) is 23.1. The van der Waals surface area contributed by atoms with Gasteiger partial charge in [-0.25, -0.2) is 8.42 Å². The summed E-state index contributed by atoms with van der Waals surface area (Å²) in [5, 5.41) is 2.80. The van der Waals surface area contributed by atoms with Gasteiger partial charge < -0.3 is 19.5 Å². The number of morpholine rings is 1. The first-order valence-corrected chi connectivity index (χ1v) is 11.7. The summed E-state index contributed by atoms with van der Waals surface area (Å²) in [6.07, 6.45) is 1.00. The molecule has 1 fully saturated rings. The third kappa shape index (κ3) is 7.23. The molecule has 2 aromatic rings. The Labute approximate surface area is 183 Å². The molecular weight excluding hydrogens is 420 g/mol. The SMILES string of the molecule is O=C(CCCOc1ccccc1)NCCOc1ccc(S(=O)(=O)N2CCOCC2)cc1. The molecule has 168 valence electrons.